The minimum Gasteiger partial charge on any atom is -0.434 e. The van der Waals surface area contributed by atoms with Crippen LogP contribution in [-0.4, -0.2) is 26.3 Å². The van der Waals surface area contributed by atoms with E-state index in [4.69, 9.17) is 16.3 Å². The van der Waals surface area contributed by atoms with Crippen LogP contribution in [0, 0.1) is 0 Å². The van der Waals surface area contributed by atoms with Crippen molar-refractivity contribution in [3.05, 3.63) is 23.6 Å². The Kier molecular flexibility index (Phi) is 5.17. The second-order valence-corrected chi connectivity index (χ2v) is 4.72. The second-order valence-electron chi connectivity index (χ2n) is 4.31. The van der Waals surface area contributed by atoms with Gasteiger partial charge in [-0.15, -0.1) is 0 Å². The molecule has 0 radical (unpaired) electrons. The molecule has 0 saturated carbocycles. The monoisotopic (exact) mass is 295 g/mol. The van der Waals surface area contributed by atoms with E-state index < -0.39 is 0 Å². The van der Waals surface area contributed by atoms with Crippen molar-refractivity contribution in [1.82, 2.24) is 19.7 Å². The van der Waals surface area contributed by atoms with E-state index in [0.29, 0.717) is 22.6 Å². The minimum atomic E-state index is 0.330. The van der Waals surface area contributed by atoms with Crippen LogP contribution < -0.4 is 10.1 Å². The minimum absolute atomic E-state index is 0.330. The number of ether oxygens (including phenoxy) is 1. The summed E-state index contributed by atoms with van der Waals surface area (Å²) in [6, 6.07) is 0. The molecular formula is C13H18ClN5O. The van der Waals surface area contributed by atoms with Crippen LogP contribution >= 0.6 is 11.6 Å². The maximum atomic E-state index is 6.04. The number of rotatable bonds is 7. The van der Waals surface area contributed by atoms with Gasteiger partial charge in [-0.3, -0.25) is 4.68 Å². The van der Waals surface area contributed by atoms with Crippen molar-refractivity contribution in [2.24, 2.45) is 0 Å². The van der Waals surface area contributed by atoms with Gasteiger partial charge in [-0.1, -0.05) is 25.4 Å². The van der Waals surface area contributed by atoms with Crippen LogP contribution in [0.4, 0.5) is 5.95 Å². The van der Waals surface area contributed by atoms with Crippen molar-refractivity contribution < 1.29 is 4.74 Å². The van der Waals surface area contributed by atoms with Crippen molar-refractivity contribution in [3.63, 3.8) is 0 Å². The van der Waals surface area contributed by atoms with Crippen LogP contribution in [0.3, 0.4) is 0 Å². The molecule has 108 valence electrons. The normalized spacial score (nSPS) is 10.6. The number of anilines is 1. The molecule has 0 fully saturated rings. The molecule has 1 N–H and O–H groups in total. The molecule has 0 atom stereocenters. The van der Waals surface area contributed by atoms with E-state index in [0.717, 1.165) is 25.9 Å². The first kappa shape index (κ1) is 14.6. The summed E-state index contributed by atoms with van der Waals surface area (Å²) in [4.78, 5) is 8.34. The van der Waals surface area contributed by atoms with Crippen LogP contribution in [0.25, 0.3) is 0 Å². The molecule has 2 rings (SSSR count). The SMILES string of the molecule is CCCNc1ncc(Cl)c(Oc2cnn(CCC)c2)n1. The van der Waals surface area contributed by atoms with Crippen molar-refractivity contribution >= 4 is 17.5 Å². The van der Waals surface area contributed by atoms with Gasteiger partial charge in [0.25, 0.3) is 0 Å². The van der Waals surface area contributed by atoms with Gasteiger partial charge >= 0.3 is 0 Å². The van der Waals surface area contributed by atoms with Crippen LogP contribution in [-0.2, 0) is 6.54 Å². The van der Waals surface area contributed by atoms with Gasteiger partial charge in [0.15, 0.2) is 5.75 Å². The third-order valence-corrected chi connectivity index (χ3v) is 2.78. The van der Waals surface area contributed by atoms with Gasteiger partial charge in [0.2, 0.25) is 11.8 Å². The van der Waals surface area contributed by atoms with Crippen LogP contribution in [0.2, 0.25) is 5.02 Å². The predicted octanol–water partition coefficient (Wildman–Crippen LogP) is 3.35. The first-order valence-corrected chi connectivity index (χ1v) is 7.07. The summed E-state index contributed by atoms with van der Waals surface area (Å²) in [7, 11) is 0. The molecule has 20 heavy (non-hydrogen) atoms. The summed E-state index contributed by atoms with van der Waals surface area (Å²) < 4.78 is 7.47. The highest BCUT2D eigenvalue weighted by atomic mass is 35.5. The Morgan fingerprint density at radius 3 is 2.90 bits per heavy atom. The Morgan fingerprint density at radius 2 is 2.15 bits per heavy atom. The molecule has 0 aliphatic rings. The van der Waals surface area contributed by atoms with E-state index in [9.17, 15) is 0 Å². The molecule has 0 aliphatic carbocycles. The van der Waals surface area contributed by atoms with Crippen LogP contribution in [0.5, 0.6) is 11.6 Å². The van der Waals surface area contributed by atoms with Gasteiger partial charge in [-0.05, 0) is 12.8 Å². The Bertz CT molecular complexity index is 557. The molecule has 0 unspecified atom stereocenters. The molecule has 0 bridgehead atoms. The fraction of sp³-hybridized carbons (Fsp3) is 0.462. The lowest BCUT2D eigenvalue weighted by molar-refractivity contribution is 0.461. The van der Waals surface area contributed by atoms with Crippen molar-refractivity contribution in [2.75, 3.05) is 11.9 Å². The summed E-state index contributed by atoms with van der Waals surface area (Å²) in [6.07, 6.45) is 7.00. The molecule has 2 aromatic heterocycles. The fourth-order valence-electron chi connectivity index (χ4n) is 1.61. The molecule has 0 aromatic carbocycles. The Labute approximate surface area is 123 Å². The molecule has 0 spiro atoms. The standard InChI is InChI=1S/C13H18ClN5O/c1-3-5-15-13-16-8-11(14)12(18-13)20-10-7-17-19(9-10)6-4-2/h7-9H,3-6H2,1-2H3,(H,15,16,18). The highest BCUT2D eigenvalue weighted by Gasteiger charge is 2.09. The molecule has 7 heteroatoms. The van der Waals surface area contributed by atoms with Gasteiger partial charge in [-0.2, -0.15) is 10.1 Å². The molecule has 0 saturated heterocycles. The Balaban J connectivity index is 2.10. The summed E-state index contributed by atoms with van der Waals surface area (Å²) in [5.74, 6) is 1.45. The number of nitrogens with zero attached hydrogens (tertiary/aromatic N) is 4. The molecule has 0 aliphatic heterocycles. The highest BCUT2D eigenvalue weighted by molar-refractivity contribution is 6.31. The average molecular weight is 296 g/mol. The quantitative estimate of drug-likeness (QED) is 0.848. The van der Waals surface area contributed by atoms with Gasteiger partial charge in [-0.25, -0.2) is 4.98 Å². The largest absolute Gasteiger partial charge is 0.434 e. The van der Waals surface area contributed by atoms with E-state index in [1.54, 1.807) is 6.20 Å². The van der Waals surface area contributed by atoms with Crippen molar-refractivity contribution in [1.29, 1.82) is 0 Å². The third kappa shape index (κ3) is 3.84. The number of halogens is 1. The highest BCUT2D eigenvalue weighted by Crippen LogP contribution is 2.27. The predicted molar refractivity (Wildman–Crippen MR) is 78.4 cm³/mol. The number of aromatic nitrogens is 4. The molecular weight excluding hydrogens is 278 g/mol. The zero-order valence-electron chi connectivity index (χ0n) is 11.6. The number of hydrogen-bond acceptors (Lipinski definition) is 5. The third-order valence-electron chi connectivity index (χ3n) is 2.52. The molecule has 2 heterocycles. The number of hydrogen-bond donors (Lipinski definition) is 1. The summed E-state index contributed by atoms with van der Waals surface area (Å²) in [5, 5.41) is 7.66. The lowest BCUT2D eigenvalue weighted by atomic mass is 10.5. The summed E-state index contributed by atoms with van der Waals surface area (Å²) in [5.41, 5.74) is 0. The zero-order valence-corrected chi connectivity index (χ0v) is 12.4. The number of aryl methyl sites for hydroxylation is 1. The van der Waals surface area contributed by atoms with Crippen molar-refractivity contribution in [2.45, 2.75) is 33.2 Å². The maximum Gasteiger partial charge on any atom is 0.243 e. The lowest BCUT2D eigenvalue weighted by Crippen LogP contribution is -2.04. The number of nitrogens with one attached hydrogen (secondary N) is 1. The van der Waals surface area contributed by atoms with E-state index in [2.05, 4.69) is 34.2 Å². The Hall–Kier alpha value is -1.82. The van der Waals surface area contributed by atoms with Crippen LogP contribution in [0.1, 0.15) is 26.7 Å². The Morgan fingerprint density at radius 1 is 1.30 bits per heavy atom. The van der Waals surface area contributed by atoms with E-state index in [-0.39, 0.29) is 0 Å². The molecule has 0 amide bonds. The average Bonchev–Trinajstić information content (AvgIpc) is 2.87. The lowest BCUT2D eigenvalue weighted by Gasteiger charge is -2.07. The fourth-order valence-corrected chi connectivity index (χ4v) is 1.73. The molecule has 2 aromatic rings. The zero-order chi connectivity index (χ0) is 14.4. The van der Waals surface area contributed by atoms with Crippen LogP contribution in [0.15, 0.2) is 18.6 Å². The first-order valence-electron chi connectivity index (χ1n) is 6.69. The van der Waals surface area contributed by atoms with E-state index in [1.165, 1.54) is 6.20 Å². The first-order chi connectivity index (χ1) is 9.72. The van der Waals surface area contributed by atoms with E-state index in [1.807, 2.05) is 10.9 Å². The maximum absolute atomic E-state index is 6.04. The van der Waals surface area contributed by atoms with Crippen molar-refractivity contribution in [3.8, 4) is 11.6 Å². The molecule has 6 nitrogen and oxygen atoms in total. The summed E-state index contributed by atoms with van der Waals surface area (Å²) >= 11 is 6.04. The van der Waals surface area contributed by atoms with Gasteiger partial charge in [0.05, 0.1) is 18.6 Å². The summed E-state index contributed by atoms with van der Waals surface area (Å²) in [6.45, 7) is 5.82. The topological polar surface area (TPSA) is 64.9 Å². The second kappa shape index (κ2) is 7.09. The van der Waals surface area contributed by atoms with Gasteiger partial charge in [0, 0.05) is 13.1 Å². The van der Waals surface area contributed by atoms with Gasteiger partial charge in [0.1, 0.15) is 5.02 Å². The smallest absolute Gasteiger partial charge is 0.243 e. The van der Waals surface area contributed by atoms with Gasteiger partial charge < -0.3 is 10.1 Å². The van der Waals surface area contributed by atoms with E-state index >= 15 is 0 Å².